The van der Waals surface area contributed by atoms with Crippen LogP contribution in [0.1, 0.15) is 62.6 Å². The number of carbonyl (C=O) groups excluding carboxylic acids is 2. The molecule has 0 spiro atoms. The summed E-state index contributed by atoms with van der Waals surface area (Å²) >= 11 is 0. The lowest BCUT2D eigenvalue weighted by molar-refractivity contribution is -0.129. The average Bonchev–Trinajstić information content (AvgIpc) is 3.63. The fourth-order valence-electron chi connectivity index (χ4n) is 4.26. The van der Waals surface area contributed by atoms with Gasteiger partial charge in [0.1, 0.15) is 17.4 Å². The predicted molar refractivity (Wildman–Crippen MR) is 131 cm³/mol. The number of hydrogen-bond acceptors (Lipinski definition) is 7. The summed E-state index contributed by atoms with van der Waals surface area (Å²) in [4.78, 5) is 37.5. The van der Waals surface area contributed by atoms with Gasteiger partial charge in [-0.25, -0.2) is 0 Å². The van der Waals surface area contributed by atoms with Gasteiger partial charge in [-0.1, -0.05) is 37.6 Å². The van der Waals surface area contributed by atoms with Crippen molar-refractivity contribution in [1.29, 1.82) is 0 Å². The van der Waals surface area contributed by atoms with Gasteiger partial charge in [-0.2, -0.15) is 9.97 Å². The fourth-order valence-corrected chi connectivity index (χ4v) is 4.26. The lowest BCUT2D eigenvalue weighted by Gasteiger charge is -2.25. The van der Waals surface area contributed by atoms with Crippen LogP contribution >= 0.6 is 0 Å². The number of nitrogen functional groups attached to an aromatic ring is 1. The van der Waals surface area contributed by atoms with E-state index in [1.165, 1.54) is 12.8 Å². The van der Waals surface area contributed by atoms with E-state index in [0.29, 0.717) is 55.8 Å². The Hall–Kier alpha value is -3.16. The molecule has 2 heterocycles. The van der Waals surface area contributed by atoms with Crippen molar-refractivity contribution in [1.82, 2.24) is 14.9 Å². The molecule has 1 amide bonds. The molecule has 1 fully saturated rings. The summed E-state index contributed by atoms with van der Waals surface area (Å²) < 4.78 is 5.73. The van der Waals surface area contributed by atoms with E-state index in [1.807, 2.05) is 11.0 Å². The predicted octanol–water partition coefficient (Wildman–Crippen LogP) is 3.52. The van der Waals surface area contributed by atoms with Crippen LogP contribution < -0.4 is 15.4 Å². The van der Waals surface area contributed by atoms with E-state index in [4.69, 9.17) is 10.5 Å². The molecular formula is C26H35N5O3. The maximum Gasteiger partial charge on any atom is 0.320 e. The molecule has 0 unspecified atom stereocenters. The number of amides is 1. The van der Waals surface area contributed by atoms with Gasteiger partial charge in [-0.15, -0.1) is 0 Å². The number of anilines is 2. The van der Waals surface area contributed by atoms with Gasteiger partial charge in [0.15, 0.2) is 0 Å². The molecule has 182 valence electrons. The standard InChI is InChI=1S/C26H35N5O3/c1-3-4-12-34-26-28-24(27)23-14-22(33)10-11-30(25(23)29-26)16-20-6-5-7-21(13-20)17-31(18(2)32)15-19-8-9-19/h5-7,13,19H,3-4,8-12,14-17H2,1-2H3,(H2,27,28,29). The van der Waals surface area contributed by atoms with Crippen LogP contribution in [-0.2, 0) is 29.1 Å². The second-order valence-corrected chi connectivity index (χ2v) is 9.45. The zero-order valence-corrected chi connectivity index (χ0v) is 20.3. The summed E-state index contributed by atoms with van der Waals surface area (Å²) in [5.41, 5.74) is 9.11. The van der Waals surface area contributed by atoms with Crippen molar-refractivity contribution in [3.05, 3.63) is 41.0 Å². The van der Waals surface area contributed by atoms with Gasteiger partial charge >= 0.3 is 6.01 Å². The Labute approximate surface area is 201 Å². The van der Waals surface area contributed by atoms with E-state index < -0.39 is 0 Å². The van der Waals surface area contributed by atoms with Gasteiger partial charge in [0.05, 0.1) is 6.61 Å². The van der Waals surface area contributed by atoms with Gasteiger partial charge in [-0.05, 0) is 36.3 Å². The van der Waals surface area contributed by atoms with E-state index in [9.17, 15) is 9.59 Å². The number of rotatable bonds is 10. The van der Waals surface area contributed by atoms with Crippen LogP contribution in [0.15, 0.2) is 24.3 Å². The van der Waals surface area contributed by atoms with Crippen LogP contribution in [-0.4, -0.2) is 46.3 Å². The molecule has 1 aromatic heterocycles. The fraction of sp³-hybridized carbons (Fsp3) is 0.538. The maximum absolute atomic E-state index is 12.4. The number of nitrogens with two attached hydrogens (primary N) is 1. The molecule has 34 heavy (non-hydrogen) atoms. The molecule has 1 aromatic carbocycles. The zero-order chi connectivity index (χ0) is 24.1. The lowest BCUT2D eigenvalue weighted by Crippen LogP contribution is -2.30. The quantitative estimate of drug-likeness (QED) is 0.536. The van der Waals surface area contributed by atoms with Gasteiger partial charge in [-0.3, -0.25) is 9.59 Å². The minimum absolute atomic E-state index is 0.111. The van der Waals surface area contributed by atoms with Crippen molar-refractivity contribution >= 4 is 23.3 Å². The molecule has 0 bridgehead atoms. The number of benzene rings is 1. The van der Waals surface area contributed by atoms with E-state index in [-0.39, 0.29) is 24.1 Å². The van der Waals surface area contributed by atoms with Crippen molar-refractivity contribution < 1.29 is 14.3 Å². The highest BCUT2D eigenvalue weighted by Crippen LogP contribution is 2.31. The summed E-state index contributed by atoms with van der Waals surface area (Å²) in [6.07, 6.45) is 5.02. The molecule has 8 heteroatoms. The van der Waals surface area contributed by atoms with E-state index >= 15 is 0 Å². The van der Waals surface area contributed by atoms with E-state index in [1.54, 1.807) is 6.92 Å². The molecule has 2 aliphatic rings. The second kappa shape index (κ2) is 10.8. The monoisotopic (exact) mass is 465 g/mol. The van der Waals surface area contributed by atoms with Gasteiger partial charge < -0.3 is 20.3 Å². The van der Waals surface area contributed by atoms with Crippen LogP contribution in [0, 0.1) is 5.92 Å². The SMILES string of the molecule is CCCCOc1nc(N)c2c(n1)N(Cc1cccc(CN(CC3CC3)C(C)=O)c1)CCC(=O)C2. The highest BCUT2D eigenvalue weighted by atomic mass is 16.5. The first-order chi connectivity index (χ1) is 16.4. The van der Waals surface area contributed by atoms with Crippen molar-refractivity contribution in [2.24, 2.45) is 5.92 Å². The first-order valence-corrected chi connectivity index (χ1v) is 12.3. The van der Waals surface area contributed by atoms with Crippen LogP contribution in [0.4, 0.5) is 11.6 Å². The zero-order valence-electron chi connectivity index (χ0n) is 20.3. The van der Waals surface area contributed by atoms with Gasteiger partial charge in [0.25, 0.3) is 0 Å². The highest BCUT2D eigenvalue weighted by Gasteiger charge is 2.27. The van der Waals surface area contributed by atoms with Crippen LogP contribution in [0.25, 0.3) is 0 Å². The van der Waals surface area contributed by atoms with E-state index in [2.05, 4.69) is 40.0 Å². The first kappa shape index (κ1) is 24.0. The molecule has 0 radical (unpaired) electrons. The molecule has 4 rings (SSSR count). The highest BCUT2D eigenvalue weighted by molar-refractivity contribution is 5.85. The van der Waals surface area contributed by atoms with Crippen molar-refractivity contribution in [2.45, 2.75) is 65.5 Å². The first-order valence-electron chi connectivity index (χ1n) is 12.3. The number of ketones is 1. The third-order valence-electron chi connectivity index (χ3n) is 6.42. The summed E-state index contributed by atoms with van der Waals surface area (Å²) in [6.45, 7) is 6.85. The molecule has 0 atom stereocenters. The Balaban J connectivity index is 1.54. The number of ether oxygens (including phenoxy) is 1. The van der Waals surface area contributed by atoms with Crippen molar-refractivity contribution in [2.75, 3.05) is 30.3 Å². The van der Waals surface area contributed by atoms with Gasteiger partial charge in [0.2, 0.25) is 5.91 Å². The third-order valence-corrected chi connectivity index (χ3v) is 6.42. The average molecular weight is 466 g/mol. The normalized spacial score (nSPS) is 15.6. The second-order valence-electron chi connectivity index (χ2n) is 9.45. The smallest absolute Gasteiger partial charge is 0.320 e. The van der Waals surface area contributed by atoms with E-state index in [0.717, 1.165) is 30.5 Å². The van der Waals surface area contributed by atoms with Crippen LogP contribution in [0.5, 0.6) is 6.01 Å². The number of aromatic nitrogens is 2. The summed E-state index contributed by atoms with van der Waals surface area (Å²) in [5.74, 6) is 1.87. The van der Waals surface area contributed by atoms with Gasteiger partial charge in [0, 0.05) is 51.5 Å². The topological polar surface area (TPSA) is 102 Å². The number of unbranched alkanes of at least 4 members (excludes halogenated alkanes) is 1. The number of carbonyl (C=O) groups is 2. The minimum Gasteiger partial charge on any atom is -0.463 e. The molecule has 2 aromatic rings. The number of nitrogens with zero attached hydrogens (tertiary/aromatic N) is 4. The lowest BCUT2D eigenvalue weighted by atomic mass is 10.1. The number of hydrogen-bond donors (Lipinski definition) is 1. The molecule has 1 aliphatic carbocycles. The Kier molecular flexibility index (Phi) is 7.65. The molecule has 1 saturated carbocycles. The van der Waals surface area contributed by atoms with Crippen molar-refractivity contribution in [3.8, 4) is 6.01 Å². The third kappa shape index (κ3) is 6.24. The maximum atomic E-state index is 12.4. The minimum atomic E-state index is 0.111. The largest absolute Gasteiger partial charge is 0.463 e. The summed E-state index contributed by atoms with van der Waals surface area (Å²) in [6, 6.07) is 8.55. The Morgan fingerprint density at radius 1 is 1.26 bits per heavy atom. The Bertz CT molecular complexity index is 1040. The molecule has 2 N–H and O–H groups in total. The Morgan fingerprint density at radius 3 is 2.79 bits per heavy atom. The van der Waals surface area contributed by atoms with Crippen LogP contribution in [0.2, 0.25) is 0 Å². The number of Topliss-reactive ketones (excluding diaryl/α,β-unsaturated/α-hetero) is 1. The van der Waals surface area contributed by atoms with Crippen molar-refractivity contribution in [3.63, 3.8) is 0 Å². The number of fused-ring (bicyclic) bond motifs is 1. The summed E-state index contributed by atoms with van der Waals surface area (Å²) in [7, 11) is 0. The molecule has 8 nitrogen and oxygen atoms in total. The Morgan fingerprint density at radius 2 is 2.06 bits per heavy atom. The molecule has 0 saturated heterocycles. The summed E-state index contributed by atoms with van der Waals surface area (Å²) in [5, 5.41) is 0. The molecule has 1 aliphatic heterocycles. The van der Waals surface area contributed by atoms with Crippen LogP contribution in [0.3, 0.4) is 0 Å². The molecular weight excluding hydrogens is 430 g/mol.